The summed E-state index contributed by atoms with van der Waals surface area (Å²) in [5.41, 5.74) is 6.87. The minimum Gasteiger partial charge on any atom is -0.478 e. The molecular weight excluding hydrogens is 232 g/mol. The zero-order valence-electron chi connectivity index (χ0n) is 9.71. The van der Waals surface area contributed by atoms with Gasteiger partial charge >= 0.3 is 5.97 Å². The number of carboxylic acid groups (broad SMARTS) is 1. The van der Waals surface area contributed by atoms with E-state index in [4.69, 9.17) is 10.8 Å². The van der Waals surface area contributed by atoms with Crippen molar-refractivity contribution in [3.63, 3.8) is 0 Å². The van der Waals surface area contributed by atoms with Crippen LogP contribution in [-0.4, -0.2) is 21.0 Å². The highest BCUT2D eigenvalue weighted by Gasteiger charge is 2.09. The van der Waals surface area contributed by atoms with E-state index in [1.807, 2.05) is 0 Å². The van der Waals surface area contributed by atoms with Gasteiger partial charge in [0.25, 0.3) is 0 Å². The summed E-state index contributed by atoms with van der Waals surface area (Å²) in [5.74, 6) is -0.393. The molecule has 0 amide bonds. The van der Waals surface area contributed by atoms with Crippen molar-refractivity contribution in [3.05, 3.63) is 41.6 Å². The number of benzene rings is 1. The maximum atomic E-state index is 11.0. The molecule has 6 nitrogen and oxygen atoms in total. The van der Waals surface area contributed by atoms with Crippen LogP contribution in [-0.2, 0) is 0 Å². The third-order valence-electron chi connectivity index (χ3n) is 2.29. The summed E-state index contributed by atoms with van der Waals surface area (Å²) in [6, 6.07) is 8.27. The molecular formula is C12H12N4O2. The van der Waals surface area contributed by atoms with Crippen LogP contribution in [0.25, 0.3) is 0 Å². The zero-order chi connectivity index (χ0) is 13.1. The number of aryl methyl sites for hydroxylation is 1. The number of para-hydroxylation sites is 1. The van der Waals surface area contributed by atoms with Gasteiger partial charge in [-0.05, 0) is 19.1 Å². The Kier molecular flexibility index (Phi) is 3.09. The van der Waals surface area contributed by atoms with Crippen molar-refractivity contribution in [2.45, 2.75) is 6.92 Å². The van der Waals surface area contributed by atoms with Gasteiger partial charge in [0.05, 0.1) is 11.3 Å². The highest BCUT2D eigenvalue weighted by molar-refractivity contribution is 5.94. The molecule has 0 saturated heterocycles. The van der Waals surface area contributed by atoms with Gasteiger partial charge in [0.1, 0.15) is 5.82 Å². The second kappa shape index (κ2) is 4.70. The number of aromatic nitrogens is 2. The molecule has 1 aromatic carbocycles. The molecule has 92 valence electrons. The van der Waals surface area contributed by atoms with Gasteiger partial charge in [-0.2, -0.15) is 4.98 Å². The van der Waals surface area contributed by atoms with Crippen LogP contribution in [0.15, 0.2) is 30.3 Å². The molecule has 0 spiro atoms. The molecule has 0 aliphatic rings. The second-order valence-corrected chi connectivity index (χ2v) is 3.73. The smallest absolute Gasteiger partial charge is 0.337 e. The first-order chi connectivity index (χ1) is 8.56. The molecule has 1 aromatic heterocycles. The van der Waals surface area contributed by atoms with Gasteiger partial charge < -0.3 is 16.2 Å². The number of nitrogens with two attached hydrogens (primary N) is 1. The Hall–Kier alpha value is -2.63. The van der Waals surface area contributed by atoms with E-state index >= 15 is 0 Å². The summed E-state index contributed by atoms with van der Waals surface area (Å²) in [5, 5.41) is 12.0. The Bertz CT molecular complexity index is 578. The van der Waals surface area contributed by atoms with Crippen LogP contribution in [0.3, 0.4) is 0 Å². The number of nitrogens with one attached hydrogen (secondary N) is 1. The summed E-state index contributed by atoms with van der Waals surface area (Å²) in [4.78, 5) is 19.0. The lowest BCUT2D eigenvalue weighted by Crippen LogP contribution is -2.05. The van der Waals surface area contributed by atoms with E-state index in [1.165, 1.54) is 6.07 Å². The molecule has 0 saturated carbocycles. The summed E-state index contributed by atoms with van der Waals surface area (Å²) >= 11 is 0. The molecule has 0 aliphatic carbocycles. The number of nitrogens with zero attached hydrogens (tertiary/aromatic N) is 2. The molecule has 0 radical (unpaired) electrons. The highest BCUT2D eigenvalue weighted by Crippen LogP contribution is 2.20. The molecule has 0 aliphatic heterocycles. The molecule has 0 atom stereocenters. The van der Waals surface area contributed by atoms with Crippen molar-refractivity contribution < 1.29 is 9.90 Å². The molecule has 0 unspecified atom stereocenters. The number of anilines is 3. The number of aromatic carboxylic acids is 1. The van der Waals surface area contributed by atoms with Crippen molar-refractivity contribution in [1.29, 1.82) is 0 Å². The van der Waals surface area contributed by atoms with E-state index in [0.717, 1.165) is 0 Å². The summed E-state index contributed by atoms with van der Waals surface area (Å²) in [6.07, 6.45) is 0. The van der Waals surface area contributed by atoms with Crippen molar-refractivity contribution >= 4 is 23.4 Å². The summed E-state index contributed by atoms with van der Waals surface area (Å²) in [6.45, 7) is 1.78. The highest BCUT2D eigenvalue weighted by atomic mass is 16.4. The van der Waals surface area contributed by atoms with Gasteiger partial charge in [-0.25, -0.2) is 9.78 Å². The largest absolute Gasteiger partial charge is 0.478 e. The fourth-order valence-electron chi connectivity index (χ4n) is 1.57. The summed E-state index contributed by atoms with van der Waals surface area (Å²) in [7, 11) is 0. The third-order valence-corrected chi connectivity index (χ3v) is 2.29. The van der Waals surface area contributed by atoms with Crippen molar-refractivity contribution in [3.8, 4) is 0 Å². The fourth-order valence-corrected chi connectivity index (χ4v) is 1.57. The van der Waals surface area contributed by atoms with Gasteiger partial charge in [-0.3, -0.25) is 0 Å². The van der Waals surface area contributed by atoms with Crippen LogP contribution < -0.4 is 11.1 Å². The SMILES string of the molecule is Cc1cc(Nc2ccccc2C(=O)O)nc(N)n1. The number of nitrogen functional groups attached to an aromatic ring is 1. The van der Waals surface area contributed by atoms with E-state index in [1.54, 1.807) is 31.2 Å². The van der Waals surface area contributed by atoms with Crippen LogP contribution in [0.1, 0.15) is 16.1 Å². The minimum absolute atomic E-state index is 0.144. The van der Waals surface area contributed by atoms with Crippen LogP contribution in [0, 0.1) is 6.92 Å². The quantitative estimate of drug-likeness (QED) is 0.761. The fraction of sp³-hybridized carbons (Fsp3) is 0.0833. The van der Waals surface area contributed by atoms with Crippen LogP contribution in [0.4, 0.5) is 17.5 Å². The molecule has 1 heterocycles. The van der Waals surface area contributed by atoms with E-state index in [-0.39, 0.29) is 11.5 Å². The topological polar surface area (TPSA) is 101 Å². The number of rotatable bonds is 3. The Morgan fingerprint density at radius 3 is 2.72 bits per heavy atom. The first-order valence-corrected chi connectivity index (χ1v) is 5.27. The standard InChI is InChI=1S/C12H12N4O2/c1-7-6-10(16-12(13)14-7)15-9-5-3-2-4-8(9)11(17)18/h2-6H,1H3,(H,17,18)(H3,13,14,15,16). The molecule has 18 heavy (non-hydrogen) atoms. The van der Waals surface area contributed by atoms with E-state index in [2.05, 4.69) is 15.3 Å². The van der Waals surface area contributed by atoms with Crippen molar-refractivity contribution in [2.24, 2.45) is 0 Å². The lowest BCUT2D eigenvalue weighted by molar-refractivity contribution is 0.0698. The monoisotopic (exact) mass is 244 g/mol. The van der Waals surface area contributed by atoms with Crippen molar-refractivity contribution in [1.82, 2.24) is 9.97 Å². The molecule has 0 fully saturated rings. The molecule has 2 aromatic rings. The van der Waals surface area contributed by atoms with E-state index < -0.39 is 5.97 Å². The number of hydrogen-bond acceptors (Lipinski definition) is 5. The lowest BCUT2D eigenvalue weighted by Gasteiger charge is -2.09. The zero-order valence-corrected chi connectivity index (χ0v) is 9.71. The van der Waals surface area contributed by atoms with E-state index in [9.17, 15) is 4.79 Å². The Morgan fingerprint density at radius 1 is 1.33 bits per heavy atom. The lowest BCUT2D eigenvalue weighted by atomic mass is 10.2. The van der Waals surface area contributed by atoms with Gasteiger partial charge in [-0.1, -0.05) is 12.1 Å². The predicted molar refractivity (Wildman–Crippen MR) is 67.9 cm³/mol. The summed E-state index contributed by atoms with van der Waals surface area (Å²) < 4.78 is 0. The number of carboxylic acids is 1. The average Bonchev–Trinajstić information content (AvgIpc) is 2.27. The van der Waals surface area contributed by atoms with Gasteiger partial charge in [0.2, 0.25) is 5.95 Å². The normalized spacial score (nSPS) is 10.1. The maximum absolute atomic E-state index is 11.0. The van der Waals surface area contributed by atoms with E-state index in [0.29, 0.717) is 17.2 Å². The Balaban J connectivity index is 2.37. The Morgan fingerprint density at radius 2 is 2.06 bits per heavy atom. The maximum Gasteiger partial charge on any atom is 0.337 e. The molecule has 2 rings (SSSR count). The van der Waals surface area contributed by atoms with Crippen LogP contribution in [0.2, 0.25) is 0 Å². The first-order valence-electron chi connectivity index (χ1n) is 5.27. The molecule has 6 heteroatoms. The van der Waals surface area contributed by atoms with Crippen LogP contribution >= 0.6 is 0 Å². The predicted octanol–water partition coefficient (Wildman–Crippen LogP) is 1.81. The molecule has 0 bridgehead atoms. The molecule has 4 N–H and O–H groups in total. The van der Waals surface area contributed by atoms with Gasteiger partial charge in [-0.15, -0.1) is 0 Å². The second-order valence-electron chi connectivity index (χ2n) is 3.73. The minimum atomic E-state index is -1.00. The van der Waals surface area contributed by atoms with Crippen molar-refractivity contribution in [2.75, 3.05) is 11.1 Å². The van der Waals surface area contributed by atoms with Gasteiger partial charge in [0.15, 0.2) is 0 Å². The van der Waals surface area contributed by atoms with Crippen LogP contribution in [0.5, 0.6) is 0 Å². The number of hydrogen-bond donors (Lipinski definition) is 3. The number of carbonyl (C=O) groups is 1. The first kappa shape index (κ1) is 11.8. The van der Waals surface area contributed by atoms with Gasteiger partial charge in [0, 0.05) is 11.8 Å². The Labute approximate surface area is 104 Å². The average molecular weight is 244 g/mol. The third kappa shape index (κ3) is 2.54.